The molecule has 1 atom stereocenters. The minimum Gasteiger partial charge on any atom is -0.474 e. The number of nitro groups is 1. The highest BCUT2D eigenvalue weighted by molar-refractivity contribution is 7.89. The van der Waals surface area contributed by atoms with Crippen molar-refractivity contribution in [3.05, 3.63) is 28.3 Å². The van der Waals surface area contributed by atoms with E-state index in [9.17, 15) is 23.3 Å². The van der Waals surface area contributed by atoms with Crippen LogP contribution in [0.3, 0.4) is 0 Å². The molecule has 1 aliphatic rings. The SMILES string of the molecule is CCN1CCN(C(=O)[C@@H](C)Oc2ccc(S(=O)(=O)N(CC)CC)cc2[N+](=O)[O-])CC1. The molecule has 0 N–H and O–H groups in total. The molecule has 1 saturated heterocycles. The Hall–Kier alpha value is -2.24. The molecule has 1 aromatic rings. The van der Waals surface area contributed by atoms with Crippen LogP contribution in [0.1, 0.15) is 27.7 Å². The van der Waals surface area contributed by atoms with Crippen LogP contribution in [-0.2, 0) is 14.8 Å². The zero-order valence-electron chi connectivity index (χ0n) is 17.9. The van der Waals surface area contributed by atoms with Crippen LogP contribution in [0.15, 0.2) is 23.1 Å². The lowest BCUT2D eigenvalue weighted by Gasteiger charge is -2.35. The second-order valence-electron chi connectivity index (χ2n) is 7.00. The predicted octanol–water partition coefficient (Wildman–Crippen LogP) is 1.56. The van der Waals surface area contributed by atoms with E-state index in [1.54, 1.807) is 25.7 Å². The van der Waals surface area contributed by atoms with Crippen LogP contribution in [0.2, 0.25) is 0 Å². The summed E-state index contributed by atoms with van der Waals surface area (Å²) in [5.41, 5.74) is -0.487. The number of piperazine rings is 1. The van der Waals surface area contributed by atoms with Gasteiger partial charge < -0.3 is 14.5 Å². The Bertz CT molecular complexity index is 864. The van der Waals surface area contributed by atoms with Crippen molar-refractivity contribution in [2.75, 3.05) is 45.8 Å². The maximum atomic E-state index is 12.7. The first-order valence-corrected chi connectivity index (χ1v) is 11.6. The number of rotatable bonds is 9. The van der Waals surface area contributed by atoms with Gasteiger partial charge in [-0.3, -0.25) is 14.9 Å². The second-order valence-corrected chi connectivity index (χ2v) is 8.93. The van der Waals surface area contributed by atoms with Gasteiger partial charge in [0.25, 0.3) is 5.91 Å². The normalized spacial score (nSPS) is 16.5. The minimum absolute atomic E-state index is 0.133. The van der Waals surface area contributed by atoms with E-state index in [0.717, 1.165) is 25.7 Å². The summed E-state index contributed by atoms with van der Waals surface area (Å²) < 4.78 is 32.2. The van der Waals surface area contributed by atoms with Gasteiger partial charge >= 0.3 is 5.69 Å². The van der Waals surface area contributed by atoms with E-state index in [1.165, 1.54) is 16.4 Å². The van der Waals surface area contributed by atoms with Crippen LogP contribution in [0, 0.1) is 10.1 Å². The Morgan fingerprint density at radius 3 is 2.30 bits per heavy atom. The Morgan fingerprint density at radius 2 is 1.80 bits per heavy atom. The van der Waals surface area contributed by atoms with E-state index in [1.807, 2.05) is 0 Å². The summed E-state index contributed by atoms with van der Waals surface area (Å²) in [6, 6.07) is 3.50. The summed E-state index contributed by atoms with van der Waals surface area (Å²) in [7, 11) is -3.85. The highest BCUT2D eigenvalue weighted by Crippen LogP contribution is 2.31. The van der Waals surface area contributed by atoms with Gasteiger partial charge in [0.2, 0.25) is 10.0 Å². The van der Waals surface area contributed by atoms with Crippen LogP contribution in [0.5, 0.6) is 5.75 Å². The highest BCUT2D eigenvalue weighted by atomic mass is 32.2. The molecule has 1 fully saturated rings. The molecule has 11 heteroatoms. The summed E-state index contributed by atoms with van der Waals surface area (Å²) in [6.45, 7) is 11.1. The number of carbonyl (C=O) groups excluding carboxylic acids is 1. The van der Waals surface area contributed by atoms with Crippen molar-refractivity contribution >= 4 is 21.6 Å². The third kappa shape index (κ3) is 5.27. The Labute approximate surface area is 177 Å². The van der Waals surface area contributed by atoms with E-state index in [4.69, 9.17) is 4.74 Å². The van der Waals surface area contributed by atoms with Gasteiger partial charge in [-0.05, 0) is 25.6 Å². The molecule has 0 aromatic heterocycles. The van der Waals surface area contributed by atoms with Crippen molar-refractivity contribution < 1.29 is 22.9 Å². The average Bonchev–Trinajstić information content (AvgIpc) is 2.73. The molecule has 0 aliphatic carbocycles. The van der Waals surface area contributed by atoms with Crippen molar-refractivity contribution in [2.45, 2.75) is 38.7 Å². The highest BCUT2D eigenvalue weighted by Gasteiger charge is 2.30. The lowest BCUT2D eigenvalue weighted by molar-refractivity contribution is -0.386. The van der Waals surface area contributed by atoms with Crippen LogP contribution in [0.4, 0.5) is 5.69 Å². The van der Waals surface area contributed by atoms with E-state index in [-0.39, 0.29) is 29.6 Å². The fourth-order valence-corrected chi connectivity index (χ4v) is 4.87. The number of amides is 1. The second kappa shape index (κ2) is 10.2. The monoisotopic (exact) mass is 442 g/mol. The topological polar surface area (TPSA) is 113 Å². The molecule has 2 rings (SSSR count). The van der Waals surface area contributed by atoms with Gasteiger partial charge in [-0.2, -0.15) is 4.31 Å². The van der Waals surface area contributed by atoms with Crippen molar-refractivity contribution in [3.8, 4) is 5.75 Å². The van der Waals surface area contributed by atoms with Gasteiger partial charge in [0.05, 0.1) is 9.82 Å². The van der Waals surface area contributed by atoms with Crippen LogP contribution >= 0.6 is 0 Å². The molecule has 0 bridgehead atoms. The Balaban J connectivity index is 2.21. The number of nitrogens with zero attached hydrogens (tertiary/aromatic N) is 4. The summed E-state index contributed by atoms with van der Waals surface area (Å²) in [6.07, 6.45) is -0.929. The van der Waals surface area contributed by atoms with E-state index >= 15 is 0 Å². The molecule has 1 aromatic carbocycles. The predicted molar refractivity (Wildman–Crippen MR) is 112 cm³/mol. The number of nitro benzene ring substituents is 1. The Kier molecular flexibility index (Phi) is 8.16. The van der Waals surface area contributed by atoms with Gasteiger partial charge in [0, 0.05) is 45.3 Å². The zero-order valence-corrected chi connectivity index (χ0v) is 18.7. The smallest absolute Gasteiger partial charge is 0.312 e. The van der Waals surface area contributed by atoms with Crippen LogP contribution < -0.4 is 4.74 Å². The summed E-state index contributed by atoms with van der Waals surface area (Å²) in [5, 5.41) is 11.5. The lowest BCUT2D eigenvalue weighted by atomic mass is 10.2. The average molecular weight is 443 g/mol. The number of ether oxygens (including phenoxy) is 1. The number of benzene rings is 1. The van der Waals surface area contributed by atoms with Crippen molar-refractivity contribution in [1.82, 2.24) is 14.1 Å². The number of carbonyl (C=O) groups is 1. The molecule has 0 radical (unpaired) electrons. The molecule has 0 saturated carbocycles. The molecular weight excluding hydrogens is 412 g/mol. The zero-order chi connectivity index (χ0) is 22.5. The maximum Gasteiger partial charge on any atom is 0.312 e. The molecule has 10 nitrogen and oxygen atoms in total. The van der Waals surface area contributed by atoms with Crippen molar-refractivity contribution in [2.24, 2.45) is 0 Å². The quantitative estimate of drug-likeness (QED) is 0.421. The number of likely N-dealkylation sites (N-methyl/N-ethyl adjacent to an activating group) is 1. The first kappa shape index (κ1) is 24.0. The number of sulfonamides is 1. The number of hydrogen-bond acceptors (Lipinski definition) is 7. The van der Waals surface area contributed by atoms with E-state index in [2.05, 4.69) is 11.8 Å². The first-order valence-electron chi connectivity index (χ1n) is 10.1. The molecule has 0 spiro atoms. The van der Waals surface area contributed by atoms with Gasteiger partial charge in [0.15, 0.2) is 11.9 Å². The first-order chi connectivity index (χ1) is 14.1. The summed E-state index contributed by atoms with van der Waals surface area (Å²) >= 11 is 0. The van der Waals surface area contributed by atoms with Crippen molar-refractivity contribution in [1.29, 1.82) is 0 Å². The van der Waals surface area contributed by atoms with E-state index < -0.39 is 26.7 Å². The summed E-state index contributed by atoms with van der Waals surface area (Å²) in [5.74, 6) is -0.383. The van der Waals surface area contributed by atoms with E-state index in [0.29, 0.717) is 13.1 Å². The van der Waals surface area contributed by atoms with Gasteiger partial charge in [0.1, 0.15) is 0 Å². The molecule has 168 valence electrons. The Morgan fingerprint density at radius 1 is 1.20 bits per heavy atom. The molecule has 1 amide bonds. The third-order valence-electron chi connectivity index (χ3n) is 5.25. The largest absolute Gasteiger partial charge is 0.474 e. The molecular formula is C19H30N4O6S. The fourth-order valence-electron chi connectivity index (χ4n) is 3.40. The standard InChI is InChI=1S/C19H30N4O6S/c1-5-20-10-12-21(13-11-20)19(24)15(4)29-18-9-8-16(14-17(18)23(25)26)30(27,28)22(6-2)7-3/h8-9,14-15H,5-7,10-13H2,1-4H3/t15-/m1/s1. The van der Waals surface area contributed by atoms with Crippen LogP contribution in [0.25, 0.3) is 0 Å². The molecule has 1 aliphatic heterocycles. The minimum atomic E-state index is -3.85. The van der Waals surface area contributed by atoms with Gasteiger partial charge in [-0.1, -0.05) is 20.8 Å². The summed E-state index contributed by atoms with van der Waals surface area (Å²) in [4.78, 5) is 27.3. The lowest BCUT2D eigenvalue weighted by Crippen LogP contribution is -2.51. The molecule has 30 heavy (non-hydrogen) atoms. The number of hydrogen-bond donors (Lipinski definition) is 0. The third-order valence-corrected chi connectivity index (χ3v) is 7.30. The van der Waals surface area contributed by atoms with Crippen molar-refractivity contribution in [3.63, 3.8) is 0 Å². The molecule has 1 heterocycles. The maximum absolute atomic E-state index is 12.7. The molecule has 0 unspecified atom stereocenters. The fraction of sp³-hybridized carbons (Fsp3) is 0.632. The van der Waals surface area contributed by atoms with Gasteiger partial charge in [-0.25, -0.2) is 8.42 Å². The van der Waals surface area contributed by atoms with Crippen LogP contribution in [-0.4, -0.2) is 85.3 Å². The van der Waals surface area contributed by atoms with Gasteiger partial charge in [-0.15, -0.1) is 0 Å².